The van der Waals surface area contributed by atoms with Crippen molar-refractivity contribution in [1.29, 1.82) is 0 Å². The van der Waals surface area contributed by atoms with Gasteiger partial charge in [0.15, 0.2) is 0 Å². The summed E-state index contributed by atoms with van der Waals surface area (Å²) in [5.41, 5.74) is 2.88. The van der Waals surface area contributed by atoms with Crippen molar-refractivity contribution < 1.29 is 9.94 Å². The number of phenolic OH excluding ortho intramolecular Hbond substituents is 1. The van der Waals surface area contributed by atoms with Gasteiger partial charge in [0.2, 0.25) is 0 Å². The summed E-state index contributed by atoms with van der Waals surface area (Å²) in [4.78, 5) is 4.48. The van der Waals surface area contributed by atoms with Gasteiger partial charge in [-0.05, 0) is 30.5 Å². The van der Waals surface area contributed by atoms with E-state index in [0.29, 0.717) is 18.8 Å². The summed E-state index contributed by atoms with van der Waals surface area (Å²) in [6.07, 6.45) is 0.649. The predicted molar refractivity (Wildman–Crippen MR) is 51.4 cm³/mol. The first kappa shape index (κ1) is 10.0. The second-order valence-electron chi connectivity index (χ2n) is 3.15. The number of hydrogen-bond donors (Lipinski definition) is 2. The summed E-state index contributed by atoms with van der Waals surface area (Å²) in [7, 11) is 0. The van der Waals surface area contributed by atoms with E-state index in [-0.39, 0.29) is 0 Å². The highest BCUT2D eigenvalue weighted by molar-refractivity contribution is 5.44. The minimum Gasteiger partial charge on any atom is -0.507 e. The molecule has 3 nitrogen and oxygen atoms in total. The molecule has 0 aromatic heterocycles. The van der Waals surface area contributed by atoms with Crippen LogP contribution in [0, 0.1) is 13.8 Å². The Balaban J connectivity index is 2.96. The van der Waals surface area contributed by atoms with Crippen LogP contribution in [0.25, 0.3) is 0 Å². The molecule has 0 fully saturated rings. The number of benzene rings is 1. The third-order valence-electron chi connectivity index (χ3n) is 2.19. The van der Waals surface area contributed by atoms with Crippen LogP contribution in [0.1, 0.15) is 16.7 Å². The second kappa shape index (κ2) is 4.25. The minimum atomic E-state index is 0.358. The van der Waals surface area contributed by atoms with Crippen LogP contribution in [0.2, 0.25) is 0 Å². The van der Waals surface area contributed by atoms with Crippen molar-refractivity contribution in [2.75, 3.05) is 6.61 Å². The van der Waals surface area contributed by atoms with E-state index in [2.05, 4.69) is 4.84 Å². The van der Waals surface area contributed by atoms with Gasteiger partial charge in [0.05, 0.1) is 6.61 Å². The summed E-state index contributed by atoms with van der Waals surface area (Å²) in [5, 5.41) is 9.71. The lowest BCUT2D eigenvalue weighted by molar-refractivity contribution is 0.140. The topological polar surface area (TPSA) is 55.5 Å². The fourth-order valence-corrected chi connectivity index (χ4v) is 1.33. The molecule has 0 aliphatic rings. The quantitative estimate of drug-likeness (QED) is 0.694. The lowest BCUT2D eigenvalue weighted by atomic mass is 10.0. The van der Waals surface area contributed by atoms with E-state index in [1.165, 1.54) is 0 Å². The molecular weight excluding hydrogens is 166 g/mol. The van der Waals surface area contributed by atoms with Crippen LogP contribution in [-0.4, -0.2) is 11.7 Å². The summed E-state index contributed by atoms with van der Waals surface area (Å²) >= 11 is 0. The van der Waals surface area contributed by atoms with Gasteiger partial charge in [-0.2, -0.15) is 0 Å². The van der Waals surface area contributed by atoms with E-state index in [1.54, 1.807) is 0 Å². The van der Waals surface area contributed by atoms with Crippen LogP contribution in [0.3, 0.4) is 0 Å². The molecule has 0 aliphatic carbocycles. The molecule has 1 aromatic carbocycles. The minimum absolute atomic E-state index is 0.358. The zero-order valence-electron chi connectivity index (χ0n) is 8.00. The van der Waals surface area contributed by atoms with Crippen molar-refractivity contribution in [1.82, 2.24) is 0 Å². The van der Waals surface area contributed by atoms with Gasteiger partial charge in [0.25, 0.3) is 0 Å². The molecule has 0 aliphatic heterocycles. The third-order valence-corrected chi connectivity index (χ3v) is 2.19. The van der Waals surface area contributed by atoms with Gasteiger partial charge >= 0.3 is 0 Å². The molecule has 0 heterocycles. The number of rotatable bonds is 3. The number of aryl methyl sites for hydroxylation is 2. The predicted octanol–water partition coefficient (Wildman–Crippen LogP) is 1.44. The lowest BCUT2D eigenvalue weighted by Gasteiger charge is -2.09. The Morgan fingerprint density at radius 1 is 1.31 bits per heavy atom. The van der Waals surface area contributed by atoms with Crippen LogP contribution in [-0.2, 0) is 11.3 Å². The molecule has 72 valence electrons. The molecule has 0 spiro atoms. The van der Waals surface area contributed by atoms with Gasteiger partial charge in [-0.25, -0.2) is 5.90 Å². The number of nitrogens with two attached hydrogens (primary N) is 1. The Bertz CT molecular complexity index is 297. The van der Waals surface area contributed by atoms with Gasteiger partial charge in [-0.3, -0.25) is 0 Å². The first-order chi connectivity index (χ1) is 6.16. The van der Waals surface area contributed by atoms with Gasteiger partial charge in [0, 0.05) is 6.42 Å². The summed E-state index contributed by atoms with van der Waals surface area (Å²) in [5.74, 6) is 5.29. The zero-order chi connectivity index (χ0) is 9.84. The van der Waals surface area contributed by atoms with E-state index in [9.17, 15) is 5.11 Å². The molecule has 13 heavy (non-hydrogen) atoms. The standard InChI is InChI=1S/C10H15NO2/c1-7-3-4-8(2)10(12)9(7)5-6-13-11/h3-4,12H,5-6,11H2,1-2H3. The monoisotopic (exact) mass is 181 g/mol. The number of hydrogen-bond acceptors (Lipinski definition) is 3. The van der Waals surface area contributed by atoms with Crippen molar-refractivity contribution in [2.45, 2.75) is 20.3 Å². The third kappa shape index (κ3) is 2.20. The van der Waals surface area contributed by atoms with Gasteiger partial charge < -0.3 is 9.94 Å². The van der Waals surface area contributed by atoms with Crippen LogP contribution in [0.4, 0.5) is 0 Å². The highest BCUT2D eigenvalue weighted by Crippen LogP contribution is 2.25. The molecule has 3 heteroatoms. The molecule has 0 saturated carbocycles. The maximum Gasteiger partial charge on any atom is 0.122 e. The second-order valence-corrected chi connectivity index (χ2v) is 3.15. The first-order valence-corrected chi connectivity index (χ1v) is 4.26. The average molecular weight is 181 g/mol. The van der Waals surface area contributed by atoms with Gasteiger partial charge in [-0.1, -0.05) is 12.1 Å². The lowest BCUT2D eigenvalue weighted by Crippen LogP contribution is -2.05. The molecule has 0 amide bonds. The smallest absolute Gasteiger partial charge is 0.122 e. The van der Waals surface area contributed by atoms with E-state index in [4.69, 9.17) is 5.90 Å². The maximum absolute atomic E-state index is 9.71. The molecule has 0 unspecified atom stereocenters. The molecule has 1 rings (SSSR count). The molecule has 3 N–H and O–H groups in total. The molecule has 0 atom stereocenters. The average Bonchev–Trinajstić information content (AvgIpc) is 2.12. The summed E-state index contributed by atoms with van der Waals surface area (Å²) in [6.45, 7) is 4.27. The Labute approximate surface area is 78.1 Å². The van der Waals surface area contributed by atoms with Crippen molar-refractivity contribution in [2.24, 2.45) is 5.90 Å². The van der Waals surface area contributed by atoms with Crippen molar-refractivity contribution in [3.05, 3.63) is 28.8 Å². The van der Waals surface area contributed by atoms with E-state index in [1.807, 2.05) is 26.0 Å². The Kier molecular flexibility index (Phi) is 3.28. The van der Waals surface area contributed by atoms with Crippen LogP contribution in [0.15, 0.2) is 12.1 Å². The zero-order valence-corrected chi connectivity index (χ0v) is 8.00. The largest absolute Gasteiger partial charge is 0.507 e. The highest BCUT2D eigenvalue weighted by atomic mass is 16.6. The van der Waals surface area contributed by atoms with E-state index < -0.39 is 0 Å². The molecule has 0 bridgehead atoms. The van der Waals surface area contributed by atoms with E-state index in [0.717, 1.165) is 16.7 Å². The van der Waals surface area contributed by atoms with Crippen LogP contribution in [0.5, 0.6) is 5.75 Å². The highest BCUT2D eigenvalue weighted by Gasteiger charge is 2.06. The van der Waals surface area contributed by atoms with Crippen molar-refractivity contribution in [3.63, 3.8) is 0 Å². The van der Waals surface area contributed by atoms with Crippen LogP contribution < -0.4 is 5.90 Å². The van der Waals surface area contributed by atoms with Crippen molar-refractivity contribution >= 4 is 0 Å². The first-order valence-electron chi connectivity index (χ1n) is 4.26. The molecular formula is C10H15NO2. The fraction of sp³-hybridized carbons (Fsp3) is 0.400. The molecule has 0 radical (unpaired) electrons. The number of phenols is 1. The summed E-state index contributed by atoms with van der Waals surface area (Å²) < 4.78 is 0. The molecule has 1 aromatic rings. The Morgan fingerprint density at radius 2 is 1.92 bits per heavy atom. The van der Waals surface area contributed by atoms with Crippen LogP contribution >= 0.6 is 0 Å². The SMILES string of the molecule is Cc1ccc(C)c(CCON)c1O. The summed E-state index contributed by atoms with van der Waals surface area (Å²) in [6, 6.07) is 3.89. The van der Waals surface area contributed by atoms with Gasteiger partial charge in [0.1, 0.15) is 5.75 Å². The Morgan fingerprint density at radius 3 is 2.54 bits per heavy atom. The maximum atomic E-state index is 9.71. The van der Waals surface area contributed by atoms with E-state index >= 15 is 0 Å². The number of aromatic hydroxyl groups is 1. The van der Waals surface area contributed by atoms with Crippen molar-refractivity contribution in [3.8, 4) is 5.75 Å². The van der Waals surface area contributed by atoms with Gasteiger partial charge in [-0.15, -0.1) is 0 Å². The fourth-order valence-electron chi connectivity index (χ4n) is 1.33. The molecule has 0 saturated heterocycles. The Hall–Kier alpha value is -1.06. The normalized spacial score (nSPS) is 10.4.